The average Bonchev–Trinajstić information content (AvgIpc) is 2.73. The smallest absolute Gasteiger partial charge is 0.113 e. The number of hydrogen-bond acceptors (Lipinski definition) is 3. The molecule has 5 heteroatoms. The minimum absolute atomic E-state index is 0.713. The monoisotopic (exact) mass is 288 g/mol. The van der Waals surface area contributed by atoms with Crippen molar-refractivity contribution in [3.8, 4) is 5.69 Å². The largest absolute Gasteiger partial charge is 0.399 e. The highest BCUT2D eigenvalue weighted by Gasteiger charge is 2.08. The second kappa shape index (κ2) is 3.85. The lowest BCUT2D eigenvalue weighted by Gasteiger charge is -2.05. The summed E-state index contributed by atoms with van der Waals surface area (Å²) in [6, 6.07) is 13.4. The van der Waals surface area contributed by atoms with Crippen molar-refractivity contribution >= 4 is 32.7 Å². The van der Waals surface area contributed by atoms with Crippen molar-refractivity contribution in [3.05, 3.63) is 46.9 Å². The number of hydrogen-bond donors (Lipinski definition) is 1. The van der Waals surface area contributed by atoms with Gasteiger partial charge in [0.15, 0.2) is 0 Å². The van der Waals surface area contributed by atoms with E-state index in [9.17, 15) is 0 Å². The Balaban J connectivity index is 2.27. The Labute approximate surface area is 106 Å². The van der Waals surface area contributed by atoms with Gasteiger partial charge in [-0.2, -0.15) is 0 Å². The van der Waals surface area contributed by atoms with Gasteiger partial charge in [0.2, 0.25) is 0 Å². The summed E-state index contributed by atoms with van der Waals surface area (Å²) in [5, 5.41) is 8.27. The molecule has 0 saturated heterocycles. The molecule has 3 aromatic rings. The Morgan fingerprint density at radius 1 is 1.12 bits per heavy atom. The van der Waals surface area contributed by atoms with Gasteiger partial charge < -0.3 is 5.73 Å². The van der Waals surface area contributed by atoms with Crippen LogP contribution < -0.4 is 5.73 Å². The predicted octanol–water partition coefficient (Wildman–Crippen LogP) is 2.77. The molecule has 84 valence electrons. The van der Waals surface area contributed by atoms with E-state index in [0.717, 1.165) is 21.2 Å². The molecule has 4 nitrogen and oxygen atoms in total. The lowest BCUT2D eigenvalue weighted by atomic mass is 10.2. The van der Waals surface area contributed by atoms with Crippen LogP contribution in [0.3, 0.4) is 0 Å². The van der Waals surface area contributed by atoms with Crippen molar-refractivity contribution < 1.29 is 0 Å². The number of benzene rings is 2. The summed E-state index contributed by atoms with van der Waals surface area (Å²) in [4.78, 5) is 0. The highest BCUT2D eigenvalue weighted by molar-refractivity contribution is 9.10. The maximum atomic E-state index is 5.72. The van der Waals surface area contributed by atoms with Crippen molar-refractivity contribution in [2.24, 2.45) is 0 Å². The molecule has 0 aliphatic carbocycles. The van der Waals surface area contributed by atoms with Gasteiger partial charge in [-0.3, -0.25) is 0 Å². The zero-order chi connectivity index (χ0) is 11.8. The van der Waals surface area contributed by atoms with E-state index < -0.39 is 0 Å². The van der Waals surface area contributed by atoms with Crippen LogP contribution in [0, 0.1) is 0 Å². The van der Waals surface area contributed by atoms with Gasteiger partial charge >= 0.3 is 0 Å². The van der Waals surface area contributed by atoms with E-state index in [1.165, 1.54) is 0 Å². The summed E-state index contributed by atoms with van der Waals surface area (Å²) < 4.78 is 2.69. The summed E-state index contributed by atoms with van der Waals surface area (Å²) in [5.41, 5.74) is 9.20. The van der Waals surface area contributed by atoms with Crippen LogP contribution in [-0.4, -0.2) is 15.0 Å². The third-order valence-electron chi connectivity index (χ3n) is 2.55. The van der Waals surface area contributed by atoms with E-state index >= 15 is 0 Å². The topological polar surface area (TPSA) is 56.7 Å². The summed E-state index contributed by atoms with van der Waals surface area (Å²) in [7, 11) is 0. The van der Waals surface area contributed by atoms with Gasteiger partial charge in [0.05, 0.1) is 11.2 Å². The molecular weight excluding hydrogens is 280 g/mol. The third-order valence-corrected chi connectivity index (χ3v) is 3.19. The van der Waals surface area contributed by atoms with Gasteiger partial charge in [-0.25, -0.2) is 4.68 Å². The number of nitrogen functional groups attached to an aromatic ring is 1. The number of nitrogens with two attached hydrogens (primary N) is 1. The zero-order valence-corrected chi connectivity index (χ0v) is 10.4. The number of halogens is 1. The highest BCUT2D eigenvalue weighted by atomic mass is 79.9. The molecule has 1 aromatic heterocycles. The Kier molecular flexibility index (Phi) is 2.33. The van der Waals surface area contributed by atoms with Crippen molar-refractivity contribution in [2.75, 3.05) is 5.73 Å². The molecule has 0 fully saturated rings. The van der Waals surface area contributed by atoms with Crippen LogP contribution in [0.5, 0.6) is 0 Å². The molecule has 1 heterocycles. The van der Waals surface area contributed by atoms with Gasteiger partial charge in [0.1, 0.15) is 5.52 Å². The Morgan fingerprint density at radius 2 is 1.94 bits per heavy atom. The maximum absolute atomic E-state index is 5.72. The molecule has 0 radical (unpaired) electrons. The quantitative estimate of drug-likeness (QED) is 0.701. The number of aromatic nitrogens is 3. The van der Waals surface area contributed by atoms with Gasteiger partial charge in [0, 0.05) is 10.2 Å². The van der Waals surface area contributed by atoms with Crippen LogP contribution in [-0.2, 0) is 0 Å². The fraction of sp³-hybridized carbons (Fsp3) is 0. The molecule has 3 rings (SSSR count). The van der Waals surface area contributed by atoms with Gasteiger partial charge in [-0.05, 0) is 46.3 Å². The lowest BCUT2D eigenvalue weighted by Crippen LogP contribution is -1.98. The molecule has 0 amide bonds. The maximum Gasteiger partial charge on any atom is 0.113 e. The van der Waals surface area contributed by atoms with Crippen LogP contribution >= 0.6 is 15.9 Å². The zero-order valence-electron chi connectivity index (χ0n) is 8.84. The molecule has 17 heavy (non-hydrogen) atoms. The van der Waals surface area contributed by atoms with Gasteiger partial charge in [-0.15, -0.1) is 5.10 Å². The van der Waals surface area contributed by atoms with E-state index in [2.05, 4.69) is 26.2 Å². The number of fused-ring (bicyclic) bond motifs is 1. The standard InChI is InChI=1S/C12H9BrN4/c13-9-7-8(14)5-6-11(9)17-12-4-2-1-3-10(12)15-16-17/h1-7H,14H2. The van der Waals surface area contributed by atoms with E-state index in [4.69, 9.17) is 5.73 Å². The first-order valence-electron chi connectivity index (χ1n) is 5.11. The summed E-state index contributed by atoms with van der Waals surface area (Å²) >= 11 is 3.49. The Hall–Kier alpha value is -1.88. The van der Waals surface area contributed by atoms with Gasteiger partial charge in [0.25, 0.3) is 0 Å². The molecule has 0 saturated carbocycles. The number of para-hydroxylation sites is 1. The molecule has 0 bridgehead atoms. The van der Waals surface area contributed by atoms with Crippen LogP contribution in [0.15, 0.2) is 46.9 Å². The molecule has 0 unspecified atom stereocenters. The second-order valence-corrected chi connectivity index (χ2v) is 4.56. The average molecular weight is 289 g/mol. The summed E-state index contributed by atoms with van der Waals surface area (Å²) in [5.74, 6) is 0. The van der Waals surface area contributed by atoms with Crippen LogP contribution in [0.2, 0.25) is 0 Å². The Morgan fingerprint density at radius 3 is 2.76 bits per heavy atom. The first kappa shape index (κ1) is 10.3. The number of rotatable bonds is 1. The van der Waals surface area contributed by atoms with Crippen molar-refractivity contribution in [2.45, 2.75) is 0 Å². The minimum Gasteiger partial charge on any atom is -0.399 e. The van der Waals surface area contributed by atoms with E-state index in [0.29, 0.717) is 5.69 Å². The lowest BCUT2D eigenvalue weighted by molar-refractivity contribution is 0.821. The van der Waals surface area contributed by atoms with Gasteiger partial charge in [-0.1, -0.05) is 17.3 Å². The van der Waals surface area contributed by atoms with Crippen LogP contribution in [0.1, 0.15) is 0 Å². The van der Waals surface area contributed by atoms with Crippen molar-refractivity contribution in [1.29, 1.82) is 0 Å². The molecule has 2 N–H and O–H groups in total. The molecule has 0 aliphatic rings. The normalized spacial score (nSPS) is 10.9. The third kappa shape index (κ3) is 1.68. The summed E-state index contributed by atoms with van der Waals surface area (Å²) in [6.07, 6.45) is 0. The minimum atomic E-state index is 0.713. The number of nitrogens with zero attached hydrogens (tertiary/aromatic N) is 3. The molecule has 0 spiro atoms. The molecule has 0 aliphatic heterocycles. The van der Waals surface area contributed by atoms with E-state index in [-0.39, 0.29) is 0 Å². The number of anilines is 1. The van der Waals surface area contributed by atoms with Crippen molar-refractivity contribution in [3.63, 3.8) is 0 Å². The van der Waals surface area contributed by atoms with E-state index in [1.807, 2.05) is 42.5 Å². The fourth-order valence-electron chi connectivity index (χ4n) is 1.74. The second-order valence-electron chi connectivity index (χ2n) is 3.70. The fourth-order valence-corrected chi connectivity index (χ4v) is 2.31. The molecule has 0 atom stereocenters. The van der Waals surface area contributed by atoms with Crippen LogP contribution in [0.4, 0.5) is 5.69 Å². The Bertz CT molecular complexity index is 690. The SMILES string of the molecule is Nc1ccc(-n2nnc3ccccc32)c(Br)c1. The van der Waals surface area contributed by atoms with E-state index in [1.54, 1.807) is 4.68 Å². The first-order valence-corrected chi connectivity index (χ1v) is 5.91. The first-order chi connectivity index (χ1) is 8.25. The van der Waals surface area contributed by atoms with Crippen LogP contribution in [0.25, 0.3) is 16.7 Å². The highest BCUT2D eigenvalue weighted by Crippen LogP contribution is 2.25. The van der Waals surface area contributed by atoms with Crippen molar-refractivity contribution in [1.82, 2.24) is 15.0 Å². The molecular formula is C12H9BrN4. The summed E-state index contributed by atoms with van der Waals surface area (Å²) in [6.45, 7) is 0. The predicted molar refractivity (Wildman–Crippen MR) is 71.0 cm³/mol. The molecule has 2 aromatic carbocycles.